The van der Waals surface area contributed by atoms with Gasteiger partial charge in [-0.3, -0.25) is 4.79 Å². The zero-order chi connectivity index (χ0) is 10.4. The van der Waals surface area contributed by atoms with Gasteiger partial charge in [-0.1, -0.05) is 19.1 Å². The number of benzene rings is 1. The Morgan fingerprint density at radius 2 is 2.00 bits per heavy atom. The number of para-hydroxylation sites is 2. The molecule has 1 radical (unpaired) electrons. The molecular formula is C11H13O3. The van der Waals surface area contributed by atoms with Gasteiger partial charge in [0.2, 0.25) is 0 Å². The number of hydrogen-bond acceptors (Lipinski definition) is 3. The molecule has 0 amide bonds. The summed E-state index contributed by atoms with van der Waals surface area (Å²) in [4.78, 5) is 11.1. The zero-order valence-corrected chi connectivity index (χ0v) is 8.32. The molecule has 75 valence electrons. The average Bonchev–Trinajstić information content (AvgIpc) is 2.19. The molecule has 0 saturated carbocycles. The zero-order valence-electron chi connectivity index (χ0n) is 8.32. The fourth-order valence-corrected chi connectivity index (χ4v) is 1.02. The standard InChI is InChI=1S/C11H13O3/c1-3-6-11(12)14-10-8-5-4-7-9(10)13-2/h4-8H,3H2,1-2H3. The van der Waals surface area contributed by atoms with Gasteiger partial charge in [0.05, 0.1) is 13.5 Å². The molecule has 1 aromatic rings. The van der Waals surface area contributed by atoms with E-state index in [9.17, 15) is 4.79 Å². The first kappa shape index (κ1) is 10.6. The molecule has 0 bridgehead atoms. The minimum Gasteiger partial charge on any atom is -0.493 e. The minimum absolute atomic E-state index is 0.350. The third-order valence-electron chi connectivity index (χ3n) is 1.65. The molecule has 0 aliphatic heterocycles. The van der Waals surface area contributed by atoms with Gasteiger partial charge in [-0.15, -0.1) is 0 Å². The molecule has 0 spiro atoms. The summed E-state index contributed by atoms with van der Waals surface area (Å²) in [6, 6.07) is 7.05. The number of rotatable bonds is 4. The van der Waals surface area contributed by atoms with Gasteiger partial charge in [0.25, 0.3) is 0 Å². The monoisotopic (exact) mass is 193 g/mol. The summed E-state index contributed by atoms with van der Waals surface area (Å²) in [6.45, 7) is 1.88. The third kappa shape index (κ3) is 2.76. The Morgan fingerprint density at radius 3 is 2.57 bits per heavy atom. The van der Waals surface area contributed by atoms with Gasteiger partial charge < -0.3 is 9.47 Å². The van der Waals surface area contributed by atoms with Crippen LogP contribution in [-0.4, -0.2) is 13.1 Å². The van der Waals surface area contributed by atoms with Crippen molar-refractivity contribution < 1.29 is 14.3 Å². The van der Waals surface area contributed by atoms with E-state index in [0.29, 0.717) is 17.9 Å². The van der Waals surface area contributed by atoms with Crippen molar-refractivity contribution in [2.24, 2.45) is 0 Å². The van der Waals surface area contributed by atoms with Crippen LogP contribution in [0, 0.1) is 6.42 Å². The highest BCUT2D eigenvalue weighted by Crippen LogP contribution is 2.25. The lowest BCUT2D eigenvalue weighted by Crippen LogP contribution is -2.08. The summed E-state index contributed by atoms with van der Waals surface area (Å²) in [5, 5.41) is 0. The first-order chi connectivity index (χ1) is 6.77. The van der Waals surface area contributed by atoms with Crippen LogP contribution in [0.1, 0.15) is 13.3 Å². The van der Waals surface area contributed by atoms with E-state index in [1.165, 1.54) is 13.5 Å². The lowest BCUT2D eigenvalue weighted by atomic mass is 10.3. The molecular weight excluding hydrogens is 180 g/mol. The van der Waals surface area contributed by atoms with Crippen LogP contribution in [0.2, 0.25) is 0 Å². The fraction of sp³-hybridized carbons (Fsp3) is 0.273. The summed E-state index contributed by atoms with van der Waals surface area (Å²) in [6.07, 6.45) is 2.14. The molecule has 14 heavy (non-hydrogen) atoms. The van der Waals surface area contributed by atoms with E-state index in [2.05, 4.69) is 0 Å². The van der Waals surface area contributed by atoms with Crippen molar-refractivity contribution in [3.63, 3.8) is 0 Å². The molecule has 0 fully saturated rings. The van der Waals surface area contributed by atoms with E-state index in [1.807, 2.05) is 13.0 Å². The molecule has 3 heteroatoms. The lowest BCUT2D eigenvalue weighted by molar-refractivity contribution is -0.130. The van der Waals surface area contributed by atoms with E-state index in [1.54, 1.807) is 18.2 Å². The van der Waals surface area contributed by atoms with Crippen LogP contribution in [0.4, 0.5) is 0 Å². The first-order valence-corrected chi connectivity index (χ1v) is 4.46. The molecule has 0 saturated heterocycles. The summed E-state index contributed by atoms with van der Waals surface area (Å²) < 4.78 is 10.1. The Kier molecular flexibility index (Phi) is 3.98. The Bertz CT molecular complexity index is 307. The summed E-state index contributed by atoms with van der Waals surface area (Å²) in [7, 11) is 1.54. The highest BCUT2D eigenvalue weighted by Gasteiger charge is 2.07. The topological polar surface area (TPSA) is 35.5 Å². The van der Waals surface area contributed by atoms with E-state index >= 15 is 0 Å². The number of carbonyl (C=O) groups is 1. The maximum Gasteiger partial charge on any atom is 0.315 e. The summed E-state index contributed by atoms with van der Waals surface area (Å²) in [5.41, 5.74) is 0. The van der Waals surface area contributed by atoms with E-state index in [-0.39, 0.29) is 5.97 Å². The molecule has 0 aromatic heterocycles. The average molecular weight is 193 g/mol. The minimum atomic E-state index is -0.350. The predicted molar refractivity (Wildman–Crippen MR) is 53.2 cm³/mol. The molecule has 1 aromatic carbocycles. The van der Waals surface area contributed by atoms with Crippen LogP contribution in [0.15, 0.2) is 24.3 Å². The predicted octanol–water partition coefficient (Wildman–Crippen LogP) is 2.21. The third-order valence-corrected chi connectivity index (χ3v) is 1.65. The molecule has 3 nitrogen and oxygen atoms in total. The van der Waals surface area contributed by atoms with Gasteiger partial charge in [0, 0.05) is 0 Å². The van der Waals surface area contributed by atoms with Crippen molar-refractivity contribution in [1.29, 1.82) is 0 Å². The smallest absolute Gasteiger partial charge is 0.315 e. The molecule has 0 aliphatic carbocycles. The maximum absolute atomic E-state index is 11.1. The maximum atomic E-state index is 11.1. The quantitative estimate of drug-likeness (QED) is 0.543. The second-order valence-corrected chi connectivity index (χ2v) is 2.68. The summed E-state index contributed by atoms with van der Waals surface area (Å²) in [5.74, 6) is 0.659. The molecule has 0 aliphatic rings. The normalized spacial score (nSPS) is 9.57. The molecule has 0 atom stereocenters. The van der Waals surface area contributed by atoms with E-state index in [4.69, 9.17) is 9.47 Å². The lowest BCUT2D eigenvalue weighted by Gasteiger charge is -2.07. The van der Waals surface area contributed by atoms with Crippen LogP contribution in [0.5, 0.6) is 11.5 Å². The molecule has 1 rings (SSSR count). The summed E-state index contributed by atoms with van der Waals surface area (Å²) >= 11 is 0. The van der Waals surface area contributed by atoms with Crippen molar-refractivity contribution in [3.05, 3.63) is 30.7 Å². The number of methoxy groups -OCH3 is 1. The molecule has 0 N–H and O–H groups in total. The number of esters is 1. The number of ether oxygens (including phenoxy) is 2. The van der Waals surface area contributed by atoms with Gasteiger partial charge in [-0.2, -0.15) is 0 Å². The number of hydrogen-bond donors (Lipinski definition) is 0. The Morgan fingerprint density at radius 1 is 1.36 bits per heavy atom. The van der Waals surface area contributed by atoms with Crippen LogP contribution < -0.4 is 9.47 Å². The van der Waals surface area contributed by atoms with Gasteiger partial charge in [-0.25, -0.2) is 0 Å². The van der Waals surface area contributed by atoms with E-state index < -0.39 is 0 Å². The van der Waals surface area contributed by atoms with Crippen molar-refractivity contribution in [2.45, 2.75) is 13.3 Å². The van der Waals surface area contributed by atoms with E-state index in [0.717, 1.165) is 0 Å². The Balaban J connectivity index is 2.70. The molecule has 0 unspecified atom stereocenters. The fourth-order valence-electron chi connectivity index (χ4n) is 1.02. The van der Waals surface area contributed by atoms with Gasteiger partial charge >= 0.3 is 5.97 Å². The first-order valence-electron chi connectivity index (χ1n) is 4.46. The van der Waals surface area contributed by atoms with Crippen LogP contribution in [0.3, 0.4) is 0 Å². The largest absolute Gasteiger partial charge is 0.493 e. The van der Waals surface area contributed by atoms with Crippen molar-refractivity contribution in [2.75, 3.05) is 7.11 Å². The van der Waals surface area contributed by atoms with Gasteiger partial charge in [-0.05, 0) is 18.6 Å². The van der Waals surface area contributed by atoms with Crippen LogP contribution in [-0.2, 0) is 4.79 Å². The van der Waals surface area contributed by atoms with Gasteiger partial charge in [0.15, 0.2) is 11.5 Å². The van der Waals surface area contributed by atoms with Crippen molar-refractivity contribution in [1.82, 2.24) is 0 Å². The van der Waals surface area contributed by atoms with Crippen LogP contribution >= 0.6 is 0 Å². The number of carbonyl (C=O) groups excluding carboxylic acids is 1. The highest BCUT2D eigenvalue weighted by molar-refractivity contribution is 5.81. The van der Waals surface area contributed by atoms with Crippen molar-refractivity contribution >= 4 is 5.97 Å². The highest BCUT2D eigenvalue weighted by atomic mass is 16.6. The van der Waals surface area contributed by atoms with Crippen molar-refractivity contribution in [3.8, 4) is 11.5 Å². The van der Waals surface area contributed by atoms with Crippen LogP contribution in [0.25, 0.3) is 0 Å². The Hall–Kier alpha value is -1.51. The second-order valence-electron chi connectivity index (χ2n) is 2.68. The SMILES string of the molecule is CC[CH]C(=O)Oc1ccccc1OC. The second kappa shape index (κ2) is 5.27. The molecule has 0 heterocycles. The van der Waals surface area contributed by atoms with Gasteiger partial charge in [0.1, 0.15) is 0 Å². The Labute approximate surface area is 83.6 Å².